The van der Waals surface area contributed by atoms with Gasteiger partial charge in [0.2, 0.25) is 7.28 Å². The monoisotopic (exact) mass is 352 g/mol. The fourth-order valence-corrected chi connectivity index (χ4v) is 3.60. The summed E-state index contributed by atoms with van der Waals surface area (Å²) < 4.78 is 0. The lowest BCUT2D eigenvalue weighted by Gasteiger charge is -2.27. The van der Waals surface area contributed by atoms with E-state index in [-0.39, 0.29) is 6.04 Å². The molecule has 4 nitrogen and oxygen atoms in total. The molecule has 0 radical (unpaired) electrons. The van der Waals surface area contributed by atoms with Crippen molar-refractivity contribution in [2.24, 2.45) is 4.99 Å². The summed E-state index contributed by atoms with van der Waals surface area (Å²) in [4.78, 5) is 6.73. The average molecular weight is 353 g/mol. The molecule has 0 saturated carbocycles. The summed E-state index contributed by atoms with van der Waals surface area (Å²) in [5.41, 5.74) is 6.42. The number of hydrogen-bond donors (Lipinski definition) is 2. The summed E-state index contributed by atoms with van der Waals surface area (Å²) >= 11 is 6.06. The lowest BCUT2D eigenvalue weighted by molar-refractivity contribution is 0.691. The van der Waals surface area contributed by atoms with Crippen LogP contribution < -0.4 is 0 Å². The zero-order chi connectivity index (χ0) is 18.3. The van der Waals surface area contributed by atoms with E-state index in [1.165, 1.54) is 11.0 Å². The van der Waals surface area contributed by atoms with Gasteiger partial charge in [-0.3, -0.25) is 20.7 Å². The first-order chi connectivity index (χ1) is 11.8. The summed E-state index contributed by atoms with van der Waals surface area (Å²) in [5.74, 6) is 0.750. The Balaban J connectivity index is 2.27. The summed E-state index contributed by atoms with van der Waals surface area (Å²) in [6.07, 6.45) is 0.724. The van der Waals surface area contributed by atoms with Gasteiger partial charge in [-0.15, -0.1) is 0 Å². The maximum Gasteiger partial charge on any atom is 0.209 e. The first kappa shape index (κ1) is 17.7. The quantitative estimate of drug-likeness (QED) is 0.469. The maximum atomic E-state index is 8.65. The molecule has 0 spiro atoms. The van der Waals surface area contributed by atoms with E-state index in [1.54, 1.807) is 11.8 Å². The second-order valence-corrected chi connectivity index (χ2v) is 7.05. The molecule has 1 aromatic rings. The standard InChI is InChI=1S/C19H22BClN4/c1-5-15-19(23)25(12(4)22)18-16(10(2)11(3)20-18)17(24-15)13-6-8-14(21)9-7-13/h6-9,15,20,22-23H,5H2,1-4H3/t15-/m0/s1. The van der Waals surface area contributed by atoms with Crippen molar-refractivity contribution in [3.63, 3.8) is 0 Å². The van der Waals surface area contributed by atoms with Crippen LogP contribution in [0.5, 0.6) is 0 Å². The van der Waals surface area contributed by atoms with Gasteiger partial charge in [-0.05, 0) is 38.0 Å². The summed E-state index contributed by atoms with van der Waals surface area (Å²) in [6, 6.07) is 7.45. The predicted molar refractivity (Wildman–Crippen MR) is 108 cm³/mol. The van der Waals surface area contributed by atoms with Gasteiger partial charge in [-0.1, -0.05) is 48.6 Å². The summed E-state index contributed by atoms with van der Waals surface area (Å²) in [6.45, 7) is 7.99. The first-order valence-electron chi connectivity index (χ1n) is 8.52. The molecule has 0 saturated heterocycles. The Bertz CT molecular complexity index is 849. The van der Waals surface area contributed by atoms with Gasteiger partial charge in [0.15, 0.2) is 0 Å². The predicted octanol–water partition coefficient (Wildman–Crippen LogP) is 4.15. The Morgan fingerprint density at radius 2 is 1.92 bits per heavy atom. The molecule has 0 unspecified atom stereocenters. The molecule has 6 heteroatoms. The van der Waals surface area contributed by atoms with Crippen molar-refractivity contribution in [2.45, 2.75) is 40.2 Å². The van der Waals surface area contributed by atoms with E-state index in [4.69, 9.17) is 27.4 Å². The highest BCUT2D eigenvalue weighted by Crippen LogP contribution is 2.35. The Kier molecular flexibility index (Phi) is 4.70. The molecular formula is C19H22BClN4. The molecule has 0 amide bonds. The number of aliphatic imine (C=N–C) groups is 1. The van der Waals surface area contributed by atoms with Gasteiger partial charge in [0.25, 0.3) is 0 Å². The van der Waals surface area contributed by atoms with Gasteiger partial charge >= 0.3 is 0 Å². The minimum absolute atomic E-state index is 0.260. The molecule has 2 heterocycles. The average Bonchev–Trinajstić information content (AvgIpc) is 2.77. The van der Waals surface area contributed by atoms with Crippen LogP contribution in [0.25, 0.3) is 0 Å². The number of amidine groups is 2. The fraction of sp³-hybridized carbons (Fsp3) is 0.316. The molecule has 0 bridgehead atoms. The third-order valence-corrected chi connectivity index (χ3v) is 5.18. The highest BCUT2D eigenvalue weighted by atomic mass is 35.5. The number of halogens is 1. The van der Waals surface area contributed by atoms with Crippen molar-refractivity contribution in [3.8, 4) is 0 Å². The van der Waals surface area contributed by atoms with Crippen LogP contribution in [0.3, 0.4) is 0 Å². The number of nitrogens with zero attached hydrogens (tertiary/aromatic N) is 2. The van der Waals surface area contributed by atoms with E-state index in [2.05, 4.69) is 13.8 Å². The molecule has 128 valence electrons. The van der Waals surface area contributed by atoms with E-state index in [0.717, 1.165) is 36.1 Å². The lowest BCUT2D eigenvalue weighted by Crippen LogP contribution is -2.40. The van der Waals surface area contributed by atoms with E-state index >= 15 is 0 Å². The number of nitrogens with one attached hydrogen (secondary N) is 2. The van der Waals surface area contributed by atoms with Crippen molar-refractivity contribution in [3.05, 3.63) is 57.1 Å². The zero-order valence-corrected chi connectivity index (χ0v) is 15.8. The van der Waals surface area contributed by atoms with Gasteiger partial charge in [0, 0.05) is 16.2 Å². The second-order valence-electron chi connectivity index (χ2n) is 6.62. The molecule has 0 aromatic heterocycles. The molecule has 1 atom stereocenters. The number of benzene rings is 1. The van der Waals surface area contributed by atoms with E-state index < -0.39 is 0 Å². The topological polar surface area (TPSA) is 63.3 Å². The van der Waals surface area contributed by atoms with Crippen molar-refractivity contribution in [1.82, 2.24) is 4.90 Å². The second kappa shape index (κ2) is 6.64. The molecule has 0 aliphatic carbocycles. The third kappa shape index (κ3) is 2.97. The molecular weight excluding hydrogens is 331 g/mol. The smallest absolute Gasteiger partial charge is 0.209 e. The van der Waals surface area contributed by atoms with Gasteiger partial charge in [-0.25, -0.2) is 0 Å². The van der Waals surface area contributed by atoms with E-state index in [9.17, 15) is 0 Å². The third-order valence-electron chi connectivity index (χ3n) is 4.92. The maximum absolute atomic E-state index is 8.65. The molecule has 2 aliphatic rings. The van der Waals surface area contributed by atoms with Gasteiger partial charge < -0.3 is 0 Å². The molecule has 1 aromatic carbocycles. The van der Waals surface area contributed by atoms with Crippen LogP contribution in [0.1, 0.15) is 39.7 Å². The summed E-state index contributed by atoms with van der Waals surface area (Å²) in [7, 11) is 0.753. The van der Waals surface area contributed by atoms with Crippen LogP contribution in [-0.4, -0.2) is 35.6 Å². The van der Waals surface area contributed by atoms with Crippen molar-refractivity contribution >= 4 is 36.3 Å². The van der Waals surface area contributed by atoms with E-state index in [1.807, 2.05) is 31.2 Å². The minimum Gasteiger partial charge on any atom is -0.298 e. The Morgan fingerprint density at radius 3 is 2.48 bits per heavy atom. The first-order valence-corrected chi connectivity index (χ1v) is 8.90. The van der Waals surface area contributed by atoms with Gasteiger partial charge in [0.1, 0.15) is 17.7 Å². The lowest BCUT2D eigenvalue weighted by atomic mass is 9.69. The molecule has 0 fully saturated rings. The van der Waals surface area contributed by atoms with Gasteiger partial charge in [0.05, 0.1) is 5.71 Å². The Morgan fingerprint density at radius 1 is 1.28 bits per heavy atom. The van der Waals surface area contributed by atoms with Crippen LogP contribution in [-0.2, 0) is 0 Å². The molecule has 3 rings (SSSR count). The highest BCUT2D eigenvalue weighted by molar-refractivity contribution is 6.58. The van der Waals surface area contributed by atoms with E-state index in [0.29, 0.717) is 16.7 Å². The van der Waals surface area contributed by atoms with Crippen LogP contribution in [0.15, 0.2) is 51.5 Å². The highest BCUT2D eigenvalue weighted by Gasteiger charge is 2.35. The molecule has 2 N–H and O–H groups in total. The number of hydrogen-bond acceptors (Lipinski definition) is 3. The Labute approximate surface area is 154 Å². The molecule has 2 aliphatic heterocycles. The minimum atomic E-state index is -0.260. The van der Waals surface area contributed by atoms with Crippen LogP contribution >= 0.6 is 11.6 Å². The van der Waals surface area contributed by atoms with Crippen LogP contribution in [0, 0.1) is 10.8 Å². The SMILES string of the molecule is CC[C@@H]1N=C(c2ccc(Cl)cc2)C2=C(BC(C)=C2C)N(C(C)=N)C1=N. The number of rotatable bonds is 2. The summed E-state index contributed by atoms with van der Waals surface area (Å²) in [5, 5.41) is 17.6. The van der Waals surface area contributed by atoms with Crippen molar-refractivity contribution in [1.29, 1.82) is 10.8 Å². The largest absolute Gasteiger partial charge is 0.298 e. The number of allylic oxidation sites excluding steroid dienone is 3. The van der Waals surface area contributed by atoms with Gasteiger partial charge in [-0.2, -0.15) is 0 Å². The normalized spacial score (nSPS) is 20.4. The van der Waals surface area contributed by atoms with Crippen molar-refractivity contribution < 1.29 is 0 Å². The van der Waals surface area contributed by atoms with Crippen LogP contribution in [0.2, 0.25) is 5.02 Å². The van der Waals surface area contributed by atoms with Crippen LogP contribution in [0.4, 0.5) is 0 Å². The molecule has 25 heavy (non-hydrogen) atoms. The van der Waals surface area contributed by atoms with Crippen molar-refractivity contribution in [2.75, 3.05) is 0 Å². The Hall–Kier alpha value is -2.14. The zero-order valence-electron chi connectivity index (χ0n) is 15.1. The fourth-order valence-electron chi connectivity index (χ4n) is 3.48.